The Kier molecular flexibility index (Phi) is 4.70. The normalized spacial score (nSPS) is 26.5. The summed E-state index contributed by atoms with van der Waals surface area (Å²) in [5.41, 5.74) is 5.02. The number of hydrogen-bond donors (Lipinski definition) is 3. The monoisotopic (exact) mass is 322 g/mol. The van der Waals surface area contributed by atoms with Crippen molar-refractivity contribution < 1.29 is 13.9 Å². The van der Waals surface area contributed by atoms with Crippen LogP contribution in [0.2, 0.25) is 0 Å². The molecule has 23 heavy (non-hydrogen) atoms. The van der Waals surface area contributed by atoms with Crippen molar-refractivity contribution in [2.24, 2.45) is 16.1 Å². The van der Waals surface area contributed by atoms with Crippen LogP contribution in [0.3, 0.4) is 0 Å². The summed E-state index contributed by atoms with van der Waals surface area (Å²) in [5.74, 6) is 0.879. The average Bonchev–Trinajstić information content (AvgIpc) is 2.99. The van der Waals surface area contributed by atoms with E-state index in [0.717, 1.165) is 6.42 Å². The van der Waals surface area contributed by atoms with Crippen LogP contribution in [0, 0.1) is 5.41 Å². The molecule has 0 saturated heterocycles. The molecule has 1 aliphatic carbocycles. The topological polar surface area (TPSA) is 102 Å². The molecule has 1 amide bonds. The van der Waals surface area contributed by atoms with E-state index < -0.39 is 5.91 Å². The van der Waals surface area contributed by atoms with E-state index in [1.165, 1.54) is 0 Å². The van der Waals surface area contributed by atoms with Crippen molar-refractivity contribution in [3.05, 3.63) is 23.7 Å². The molecule has 1 saturated carbocycles. The van der Waals surface area contributed by atoms with Gasteiger partial charge in [-0.2, -0.15) is 0 Å². The summed E-state index contributed by atoms with van der Waals surface area (Å²) in [5, 5.41) is 6.58. The second-order valence-electron chi connectivity index (χ2n) is 6.61. The molecule has 7 heteroatoms. The van der Waals surface area contributed by atoms with Crippen LogP contribution >= 0.6 is 0 Å². The molecular weight excluding hydrogens is 296 g/mol. The third-order valence-electron chi connectivity index (χ3n) is 5.15. The first-order valence-corrected chi connectivity index (χ1v) is 7.64. The van der Waals surface area contributed by atoms with E-state index in [1.807, 2.05) is 0 Å². The van der Waals surface area contributed by atoms with Crippen LogP contribution in [0.15, 0.2) is 21.5 Å². The zero-order valence-electron chi connectivity index (χ0n) is 14.4. The molecule has 1 aromatic rings. The van der Waals surface area contributed by atoms with E-state index in [9.17, 15) is 4.79 Å². The number of nitrogens with one attached hydrogen (secondary N) is 2. The molecule has 1 fully saturated rings. The molecule has 0 aliphatic heterocycles. The van der Waals surface area contributed by atoms with Crippen LogP contribution in [0.5, 0.6) is 0 Å². The lowest BCUT2D eigenvalue weighted by Crippen LogP contribution is -2.69. The van der Waals surface area contributed by atoms with E-state index in [0.29, 0.717) is 18.3 Å². The smallest absolute Gasteiger partial charge is 0.284 e. The molecule has 0 radical (unpaired) electrons. The summed E-state index contributed by atoms with van der Waals surface area (Å²) in [4.78, 5) is 15.2. The molecule has 0 bridgehead atoms. The third kappa shape index (κ3) is 3.19. The maximum atomic E-state index is 11.0. The van der Waals surface area contributed by atoms with Gasteiger partial charge in [0.1, 0.15) is 5.76 Å². The highest BCUT2D eigenvalue weighted by Crippen LogP contribution is 2.51. The van der Waals surface area contributed by atoms with Crippen LogP contribution in [0.25, 0.3) is 0 Å². The lowest BCUT2D eigenvalue weighted by molar-refractivity contribution is -0.176. The quantitative estimate of drug-likeness (QED) is 0.559. The van der Waals surface area contributed by atoms with Crippen molar-refractivity contribution in [1.82, 2.24) is 10.6 Å². The van der Waals surface area contributed by atoms with Gasteiger partial charge in [-0.25, -0.2) is 0 Å². The summed E-state index contributed by atoms with van der Waals surface area (Å²) in [6.45, 7) is 6.89. The molecule has 1 aliphatic rings. The second kappa shape index (κ2) is 6.23. The number of aliphatic imine (C=N–C) groups is 1. The highest BCUT2D eigenvalue weighted by Gasteiger charge is 2.58. The minimum atomic E-state index is -0.575. The minimum absolute atomic E-state index is 0.0107. The van der Waals surface area contributed by atoms with Crippen molar-refractivity contribution >= 4 is 11.9 Å². The van der Waals surface area contributed by atoms with Gasteiger partial charge in [0.15, 0.2) is 11.7 Å². The van der Waals surface area contributed by atoms with Gasteiger partial charge in [-0.3, -0.25) is 9.79 Å². The summed E-state index contributed by atoms with van der Waals surface area (Å²) in [7, 11) is 3.46. The van der Waals surface area contributed by atoms with E-state index in [4.69, 9.17) is 14.9 Å². The number of furan rings is 1. The lowest BCUT2D eigenvalue weighted by Gasteiger charge is -2.59. The Bertz CT molecular complexity index is 608. The van der Waals surface area contributed by atoms with Crippen molar-refractivity contribution in [3.8, 4) is 0 Å². The van der Waals surface area contributed by atoms with Crippen LogP contribution in [-0.4, -0.2) is 37.7 Å². The molecule has 1 heterocycles. The lowest BCUT2D eigenvalue weighted by atomic mass is 9.56. The number of carbonyl (C=O) groups excluding carboxylic acids is 1. The van der Waals surface area contributed by atoms with Gasteiger partial charge in [-0.1, -0.05) is 13.8 Å². The number of nitrogens with two attached hydrogens (primary N) is 1. The first-order chi connectivity index (χ1) is 10.7. The van der Waals surface area contributed by atoms with Crippen molar-refractivity contribution in [1.29, 1.82) is 0 Å². The summed E-state index contributed by atoms with van der Waals surface area (Å²) >= 11 is 0. The van der Waals surface area contributed by atoms with E-state index >= 15 is 0 Å². The highest BCUT2D eigenvalue weighted by molar-refractivity contribution is 5.89. The number of carbonyl (C=O) groups is 1. The molecule has 2 rings (SSSR count). The molecule has 2 unspecified atom stereocenters. The van der Waals surface area contributed by atoms with Gasteiger partial charge in [-0.15, -0.1) is 0 Å². The molecule has 7 nitrogen and oxygen atoms in total. The van der Waals surface area contributed by atoms with Crippen LogP contribution in [0.4, 0.5) is 0 Å². The fraction of sp³-hybridized carbons (Fsp3) is 0.625. The maximum absolute atomic E-state index is 11.0. The number of primary amides is 1. The molecule has 128 valence electrons. The minimum Gasteiger partial charge on any atom is -0.454 e. The molecule has 0 spiro atoms. The number of ether oxygens (including phenoxy) is 1. The number of rotatable bonds is 5. The third-order valence-corrected chi connectivity index (χ3v) is 5.15. The van der Waals surface area contributed by atoms with Gasteiger partial charge in [0.05, 0.1) is 12.1 Å². The van der Waals surface area contributed by atoms with Gasteiger partial charge in [0, 0.05) is 25.6 Å². The fourth-order valence-electron chi connectivity index (χ4n) is 2.86. The standard InChI is InChI=1S/C16H26N4O3/c1-15(2)12(8-16(15,3)22-5)20-14(18-4)19-9-10-6-7-11(23-10)13(17)21/h6-7,12H,8-9H2,1-5H3,(H2,17,21)(H2,18,19,20). The Labute approximate surface area is 136 Å². The van der Waals surface area contributed by atoms with E-state index in [2.05, 4.69) is 36.4 Å². The Morgan fingerprint density at radius 2 is 2.17 bits per heavy atom. The SMILES string of the molecule is CN=C(NCc1ccc(C(N)=O)o1)NC1CC(C)(OC)C1(C)C. The Morgan fingerprint density at radius 3 is 2.65 bits per heavy atom. The van der Waals surface area contributed by atoms with Crippen LogP contribution in [-0.2, 0) is 11.3 Å². The Morgan fingerprint density at radius 1 is 1.48 bits per heavy atom. The largest absolute Gasteiger partial charge is 0.454 e. The molecular formula is C16H26N4O3. The summed E-state index contributed by atoms with van der Waals surface area (Å²) < 4.78 is 11.0. The number of nitrogens with zero attached hydrogens (tertiary/aromatic N) is 1. The van der Waals surface area contributed by atoms with Gasteiger partial charge in [-0.05, 0) is 25.5 Å². The van der Waals surface area contributed by atoms with Crippen LogP contribution < -0.4 is 16.4 Å². The molecule has 4 N–H and O–H groups in total. The number of guanidine groups is 1. The summed E-state index contributed by atoms with van der Waals surface area (Å²) in [6, 6.07) is 3.54. The predicted octanol–water partition coefficient (Wildman–Crippen LogP) is 1.25. The zero-order chi connectivity index (χ0) is 17.3. The molecule has 2 atom stereocenters. The number of methoxy groups -OCH3 is 1. The first-order valence-electron chi connectivity index (χ1n) is 7.64. The van der Waals surface area contributed by atoms with Gasteiger partial charge >= 0.3 is 0 Å². The zero-order valence-corrected chi connectivity index (χ0v) is 14.4. The Balaban J connectivity index is 1.91. The fourth-order valence-corrected chi connectivity index (χ4v) is 2.86. The van der Waals surface area contributed by atoms with E-state index in [-0.39, 0.29) is 22.8 Å². The van der Waals surface area contributed by atoms with Crippen LogP contribution in [0.1, 0.15) is 43.5 Å². The highest BCUT2D eigenvalue weighted by atomic mass is 16.5. The van der Waals surface area contributed by atoms with E-state index in [1.54, 1.807) is 26.3 Å². The summed E-state index contributed by atoms with van der Waals surface area (Å²) in [6.07, 6.45) is 0.907. The Hall–Kier alpha value is -2.02. The van der Waals surface area contributed by atoms with Crippen molar-refractivity contribution in [2.75, 3.05) is 14.2 Å². The predicted molar refractivity (Wildman–Crippen MR) is 88.2 cm³/mol. The number of hydrogen-bond acceptors (Lipinski definition) is 4. The number of amides is 1. The molecule has 0 aromatic carbocycles. The first kappa shape index (κ1) is 17.3. The van der Waals surface area contributed by atoms with Gasteiger partial charge in [0.25, 0.3) is 5.91 Å². The van der Waals surface area contributed by atoms with Gasteiger partial charge in [0.2, 0.25) is 0 Å². The van der Waals surface area contributed by atoms with Gasteiger partial charge < -0.3 is 25.5 Å². The van der Waals surface area contributed by atoms with Crippen molar-refractivity contribution in [3.63, 3.8) is 0 Å². The molecule has 1 aromatic heterocycles. The maximum Gasteiger partial charge on any atom is 0.284 e. The van der Waals surface area contributed by atoms with Crippen molar-refractivity contribution in [2.45, 2.75) is 45.4 Å². The average molecular weight is 322 g/mol. The second-order valence-corrected chi connectivity index (χ2v) is 6.61.